The minimum atomic E-state index is -0.539. The van der Waals surface area contributed by atoms with Crippen molar-refractivity contribution in [2.45, 2.75) is 56.7 Å². The number of methoxy groups -OCH3 is 1. The van der Waals surface area contributed by atoms with Gasteiger partial charge in [0.1, 0.15) is 5.54 Å². The molecule has 1 aliphatic carbocycles. The van der Waals surface area contributed by atoms with Gasteiger partial charge in [-0.3, -0.25) is 10.1 Å². The van der Waals surface area contributed by atoms with E-state index in [1.165, 1.54) is 20.0 Å². The van der Waals surface area contributed by atoms with Gasteiger partial charge in [0.2, 0.25) is 0 Å². The van der Waals surface area contributed by atoms with Gasteiger partial charge in [-0.05, 0) is 52.6 Å². The molecular formula is C15H28N2O3. The number of likely N-dealkylation sites (N-methyl/N-ethyl adjacent to an activating group) is 1. The highest BCUT2D eigenvalue weighted by atomic mass is 16.5. The zero-order chi connectivity index (χ0) is 14.6. The van der Waals surface area contributed by atoms with Crippen LogP contribution in [0.5, 0.6) is 0 Å². The fourth-order valence-corrected chi connectivity index (χ4v) is 2.87. The first-order valence-corrected chi connectivity index (χ1v) is 7.69. The average Bonchev–Trinajstić information content (AvgIpc) is 3.07. The monoisotopic (exact) mass is 284 g/mol. The fraction of sp³-hybridized carbons (Fsp3) is 0.933. The minimum absolute atomic E-state index is 0.142. The van der Waals surface area contributed by atoms with Crippen LogP contribution in [-0.4, -0.2) is 62.4 Å². The quantitative estimate of drug-likeness (QED) is 0.678. The van der Waals surface area contributed by atoms with E-state index in [0.29, 0.717) is 12.1 Å². The highest BCUT2D eigenvalue weighted by Gasteiger charge is 2.39. The molecular weight excluding hydrogens is 256 g/mol. The predicted octanol–water partition coefficient (Wildman–Crippen LogP) is 1.17. The second-order valence-electron chi connectivity index (χ2n) is 6.34. The van der Waals surface area contributed by atoms with Gasteiger partial charge in [0, 0.05) is 18.7 Å². The third kappa shape index (κ3) is 4.17. The number of ether oxygens (including phenoxy) is 2. The van der Waals surface area contributed by atoms with Crippen LogP contribution in [0.1, 0.15) is 39.0 Å². The lowest BCUT2D eigenvalue weighted by atomic mass is 9.95. The molecule has 5 heteroatoms. The Bertz CT molecular complexity index is 327. The van der Waals surface area contributed by atoms with Crippen LogP contribution in [0.2, 0.25) is 0 Å². The lowest BCUT2D eigenvalue weighted by Gasteiger charge is -2.30. The Hall–Kier alpha value is -0.650. The number of carbonyl (C=O) groups excluding carboxylic acids is 1. The van der Waals surface area contributed by atoms with E-state index in [0.717, 1.165) is 39.0 Å². The molecule has 1 aliphatic heterocycles. The molecule has 0 amide bonds. The summed E-state index contributed by atoms with van der Waals surface area (Å²) in [5, 5.41) is 3.44. The molecule has 5 nitrogen and oxygen atoms in total. The van der Waals surface area contributed by atoms with Crippen LogP contribution in [0.3, 0.4) is 0 Å². The number of carbonyl (C=O) groups is 1. The van der Waals surface area contributed by atoms with E-state index >= 15 is 0 Å². The van der Waals surface area contributed by atoms with Gasteiger partial charge in [0.25, 0.3) is 0 Å². The molecule has 20 heavy (non-hydrogen) atoms. The summed E-state index contributed by atoms with van der Waals surface area (Å²) in [6, 6.07) is 1.04. The van der Waals surface area contributed by atoms with Crippen molar-refractivity contribution in [1.82, 2.24) is 10.2 Å². The number of nitrogens with one attached hydrogen (secondary N) is 1. The molecule has 0 aromatic heterocycles. The summed E-state index contributed by atoms with van der Waals surface area (Å²) < 4.78 is 10.4. The van der Waals surface area contributed by atoms with E-state index in [4.69, 9.17) is 9.47 Å². The number of nitrogens with zero attached hydrogens (tertiary/aromatic N) is 1. The van der Waals surface area contributed by atoms with Gasteiger partial charge in [-0.2, -0.15) is 0 Å². The van der Waals surface area contributed by atoms with Crippen LogP contribution >= 0.6 is 0 Å². The lowest BCUT2D eigenvalue weighted by Crippen LogP contribution is -2.51. The lowest BCUT2D eigenvalue weighted by molar-refractivity contribution is -0.148. The molecule has 2 unspecified atom stereocenters. The second-order valence-corrected chi connectivity index (χ2v) is 6.34. The summed E-state index contributed by atoms with van der Waals surface area (Å²) in [6.45, 7) is 4.67. The fourth-order valence-electron chi connectivity index (χ4n) is 2.87. The normalized spacial score (nSPS) is 25.7. The van der Waals surface area contributed by atoms with E-state index in [2.05, 4.69) is 17.3 Å². The highest BCUT2D eigenvalue weighted by Crippen LogP contribution is 2.26. The van der Waals surface area contributed by atoms with Crippen LogP contribution in [0, 0.1) is 0 Å². The Morgan fingerprint density at radius 3 is 2.75 bits per heavy atom. The first-order chi connectivity index (χ1) is 9.55. The standard InChI is InChI=1S/C15H28N2O3/c1-15(14(18)19-3,16-12-5-6-12)8-4-9-17(2)13-7-10-20-11-13/h12-13,16H,4-11H2,1-3H3. The van der Waals surface area contributed by atoms with Crippen molar-refractivity contribution in [3.63, 3.8) is 0 Å². The van der Waals surface area contributed by atoms with E-state index in [1.54, 1.807) is 0 Å². The largest absolute Gasteiger partial charge is 0.468 e. The summed E-state index contributed by atoms with van der Waals surface area (Å²) in [6.07, 6.45) is 5.26. The first-order valence-electron chi connectivity index (χ1n) is 7.69. The topological polar surface area (TPSA) is 50.8 Å². The molecule has 0 radical (unpaired) electrons. The van der Waals surface area contributed by atoms with Crippen LogP contribution in [-0.2, 0) is 14.3 Å². The number of rotatable bonds is 8. The zero-order valence-electron chi connectivity index (χ0n) is 13.0. The maximum atomic E-state index is 12.0. The van der Waals surface area contributed by atoms with E-state index < -0.39 is 5.54 Å². The molecule has 0 spiro atoms. The molecule has 0 bridgehead atoms. The van der Waals surface area contributed by atoms with Gasteiger partial charge in [0.15, 0.2) is 0 Å². The van der Waals surface area contributed by atoms with Gasteiger partial charge >= 0.3 is 5.97 Å². The second kappa shape index (κ2) is 6.87. The Kier molecular flexibility index (Phi) is 5.41. The van der Waals surface area contributed by atoms with Gasteiger partial charge < -0.3 is 14.4 Å². The van der Waals surface area contributed by atoms with Gasteiger partial charge in [-0.15, -0.1) is 0 Å². The van der Waals surface area contributed by atoms with Gasteiger partial charge in [0.05, 0.1) is 13.7 Å². The van der Waals surface area contributed by atoms with E-state index in [-0.39, 0.29) is 5.97 Å². The Morgan fingerprint density at radius 1 is 1.45 bits per heavy atom. The van der Waals surface area contributed by atoms with Crippen molar-refractivity contribution in [1.29, 1.82) is 0 Å². The smallest absolute Gasteiger partial charge is 0.325 e. The van der Waals surface area contributed by atoms with Crippen molar-refractivity contribution in [3.05, 3.63) is 0 Å². The van der Waals surface area contributed by atoms with Crippen LogP contribution in [0.4, 0.5) is 0 Å². The molecule has 2 fully saturated rings. The average molecular weight is 284 g/mol. The third-order valence-electron chi connectivity index (χ3n) is 4.45. The van der Waals surface area contributed by atoms with E-state index in [9.17, 15) is 4.79 Å². The third-order valence-corrected chi connectivity index (χ3v) is 4.45. The van der Waals surface area contributed by atoms with Crippen molar-refractivity contribution in [2.75, 3.05) is 33.9 Å². The van der Waals surface area contributed by atoms with Crippen LogP contribution in [0.25, 0.3) is 0 Å². The van der Waals surface area contributed by atoms with Crippen molar-refractivity contribution in [3.8, 4) is 0 Å². The zero-order valence-corrected chi connectivity index (χ0v) is 13.0. The Labute approximate surface area is 122 Å². The van der Waals surface area contributed by atoms with Crippen molar-refractivity contribution < 1.29 is 14.3 Å². The van der Waals surface area contributed by atoms with Gasteiger partial charge in [-0.1, -0.05) is 0 Å². The molecule has 2 atom stereocenters. The SMILES string of the molecule is COC(=O)C(C)(CCCN(C)C1CCOC1)NC1CC1. The molecule has 1 saturated heterocycles. The maximum Gasteiger partial charge on any atom is 0.325 e. The minimum Gasteiger partial charge on any atom is -0.468 e. The molecule has 2 rings (SSSR count). The predicted molar refractivity (Wildman–Crippen MR) is 77.7 cm³/mol. The summed E-state index contributed by atoms with van der Waals surface area (Å²) >= 11 is 0. The van der Waals surface area contributed by atoms with Gasteiger partial charge in [-0.25, -0.2) is 0 Å². The maximum absolute atomic E-state index is 12.0. The first kappa shape index (κ1) is 15.7. The molecule has 116 valence electrons. The summed E-state index contributed by atoms with van der Waals surface area (Å²) in [5.41, 5.74) is -0.539. The summed E-state index contributed by atoms with van der Waals surface area (Å²) in [5.74, 6) is -0.142. The van der Waals surface area contributed by atoms with E-state index in [1.807, 2.05) is 6.92 Å². The number of esters is 1. The van der Waals surface area contributed by atoms with Crippen LogP contribution in [0.15, 0.2) is 0 Å². The number of hydrogen-bond donors (Lipinski definition) is 1. The molecule has 1 heterocycles. The Balaban J connectivity index is 1.77. The van der Waals surface area contributed by atoms with Crippen molar-refractivity contribution >= 4 is 5.97 Å². The Morgan fingerprint density at radius 2 is 2.20 bits per heavy atom. The highest BCUT2D eigenvalue weighted by molar-refractivity contribution is 5.80. The molecule has 1 N–H and O–H groups in total. The molecule has 0 aromatic carbocycles. The number of hydrogen-bond acceptors (Lipinski definition) is 5. The summed E-state index contributed by atoms with van der Waals surface area (Å²) in [7, 11) is 3.61. The van der Waals surface area contributed by atoms with Crippen LogP contribution < -0.4 is 5.32 Å². The summed E-state index contributed by atoms with van der Waals surface area (Å²) in [4.78, 5) is 14.4. The van der Waals surface area contributed by atoms with Crippen molar-refractivity contribution in [2.24, 2.45) is 0 Å². The molecule has 1 saturated carbocycles. The molecule has 2 aliphatic rings. The molecule has 0 aromatic rings.